The van der Waals surface area contributed by atoms with Gasteiger partial charge in [-0.2, -0.15) is 13.2 Å². The topological polar surface area (TPSA) is 50.4 Å². The standard InChI is InChI=1S/C28H28F3N3O2/c1-19-15-24-26(36-19)16-25(34(24)18-21-7-9-22(10-8-21)28(29,30)31)27(35)32-23-11-13-33(14-12-23)17-20-5-3-2-4-6-20/h2-10,15-16,23H,11-14,17-18H2,1H3,(H,32,35). The van der Waals surface area contributed by atoms with E-state index < -0.39 is 11.7 Å². The van der Waals surface area contributed by atoms with E-state index in [-0.39, 0.29) is 18.5 Å². The van der Waals surface area contributed by atoms with Crippen LogP contribution in [0.4, 0.5) is 13.2 Å². The van der Waals surface area contributed by atoms with Gasteiger partial charge in [-0.05, 0) is 43.0 Å². The Labute approximate surface area is 207 Å². The van der Waals surface area contributed by atoms with Crippen LogP contribution in [0.1, 0.15) is 45.8 Å². The van der Waals surface area contributed by atoms with Crippen molar-refractivity contribution in [3.8, 4) is 0 Å². The second kappa shape index (κ2) is 9.85. The fraction of sp³-hybridized carbons (Fsp3) is 0.321. The molecule has 4 aromatic rings. The maximum Gasteiger partial charge on any atom is 0.416 e. The number of fused-ring (bicyclic) bond motifs is 1. The molecule has 2 aromatic heterocycles. The third-order valence-electron chi connectivity index (χ3n) is 6.74. The monoisotopic (exact) mass is 495 g/mol. The highest BCUT2D eigenvalue weighted by molar-refractivity contribution is 5.97. The first-order valence-corrected chi connectivity index (χ1v) is 12.1. The second-order valence-corrected chi connectivity index (χ2v) is 9.43. The fourth-order valence-electron chi connectivity index (χ4n) is 4.84. The van der Waals surface area contributed by atoms with Crippen LogP contribution in [-0.2, 0) is 19.3 Å². The number of hydrogen-bond donors (Lipinski definition) is 1. The zero-order chi connectivity index (χ0) is 25.3. The average Bonchev–Trinajstić information content (AvgIpc) is 3.37. The Bertz CT molecular complexity index is 1330. The number of nitrogens with one attached hydrogen (secondary N) is 1. The predicted octanol–water partition coefficient (Wildman–Crippen LogP) is 6.00. The summed E-state index contributed by atoms with van der Waals surface area (Å²) in [5.41, 5.74) is 3.02. The number of aromatic nitrogens is 1. The third-order valence-corrected chi connectivity index (χ3v) is 6.74. The van der Waals surface area contributed by atoms with E-state index in [2.05, 4.69) is 22.3 Å². The maximum atomic E-state index is 13.3. The van der Waals surface area contributed by atoms with Gasteiger partial charge in [-0.15, -0.1) is 0 Å². The molecule has 0 bridgehead atoms. The van der Waals surface area contributed by atoms with Crippen molar-refractivity contribution in [2.45, 2.75) is 45.1 Å². The van der Waals surface area contributed by atoms with Crippen LogP contribution >= 0.6 is 0 Å². The molecule has 36 heavy (non-hydrogen) atoms. The molecule has 5 rings (SSSR count). The van der Waals surface area contributed by atoms with Crippen LogP contribution in [0, 0.1) is 6.92 Å². The lowest BCUT2D eigenvalue weighted by Crippen LogP contribution is -2.44. The van der Waals surface area contributed by atoms with E-state index in [0.29, 0.717) is 22.6 Å². The van der Waals surface area contributed by atoms with Gasteiger partial charge in [-0.3, -0.25) is 9.69 Å². The highest BCUT2D eigenvalue weighted by atomic mass is 19.4. The number of likely N-dealkylation sites (tertiary alicyclic amines) is 1. The van der Waals surface area contributed by atoms with Crippen molar-refractivity contribution in [1.82, 2.24) is 14.8 Å². The van der Waals surface area contributed by atoms with E-state index in [4.69, 9.17) is 4.42 Å². The molecule has 188 valence electrons. The van der Waals surface area contributed by atoms with E-state index in [9.17, 15) is 18.0 Å². The van der Waals surface area contributed by atoms with Gasteiger partial charge >= 0.3 is 6.18 Å². The molecule has 0 saturated carbocycles. The summed E-state index contributed by atoms with van der Waals surface area (Å²) in [6, 6.07) is 19.0. The quantitative estimate of drug-likeness (QED) is 0.357. The molecule has 5 nitrogen and oxygen atoms in total. The average molecular weight is 496 g/mol. The zero-order valence-corrected chi connectivity index (χ0v) is 20.0. The molecule has 2 aromatic carbocycles. The van der Waals surface area contributed by atoms with E-state index >= 15 is 0 Å². The number of rotatable bonds is 6. The Kier molecular flexibility index (Phi) is 6.62. The normalized spacial score (nSPS) is 15.4. The Morgan fingerprint density at radius 3 is 2.31 bits per heavy atom. The minimum Gasteiger partial charge on any atom is -0.460 e. The van der Waals surface area contributed by atoms with Gasteiger partial charge < -0.3 is 14.3 Å². The molecule has 0 radical (unpaired) electrons. The van der Waals surface area contributed by atoms with E-state index in [1.807, 2.05) is 35.8 Å². The smallest absolute Gasteiger partial charge is 0.416 e. The minimum atomic E-state index is -4.39. The number of carbonyl (C=O) groups is 1. The van der Waals surface area contributed by atoms with Crippen molar-refractivity contribution in [3.63, 3.8) is 0 Å². The van der Waals surface area contributed by atoms with Crippen molar-refractivity contribution in [2.24, 2.45) is 0 Å². The van der Waals surface area contributed by atoms with Crippen LogP contribution in [0.5, 0.6) is 0 Å². The molecule has 1 amide bonds. The summed E-state index contributed by atoms with van der Waals surface area (Å²) in [5.74, 6) is 0.506. The Balaban J connectivity index is 1.28. The number of carbonyl (C=O) groups excluding carboxylic acids is 1. The Hall–Kier alpha value is -3.52. The van der Waals surface area contributed by atoms with Crippen molar-refractivity contribution in [1.29, 1.82) is 0 Å². The summed E-state index contributed by atoms with van der Waals surface area (Å²) in [5, 5.41) is 3.16. The summed E-state index contributed by atoms with van der Waals surface area (Å²) >= 11 is 0. The third kappa shape index (κ3) is 5.33. The van der Waals surface area contributed by atoms with Gasteiger partial charge in [0.2, 0.25) is 0 Å². The first kappa shape index (κ1) is 24.2. The number of piperidine rings is 1. The van der Waals surface area contributed by atoms with E-state index in [0.717, 1.165) is 50.1 Å². The van der Waals surface area contributed by atoms with Crippen molar-refractivity contribution >= 4 is 17.0 Å². The van der Waals surface area contributed by atoms with Crippen LogP contribution in [0.3, 0.4) is 0 Å². The van der Waals surface area contributed by atoms with Gasteiger partial charge in [0.15, 0.2) is 5.58 Å². The predicted molar refractivity (Wildman–Crippen MR) is 132 cm³/mol. The fourth-order valence-corrected chi connectivity index (χ4v) is 4.84. The zero-order valence-electron chi connectivity index (χ0n) is 20.0. The maximum absolute atomic E-state index is 13.3. The summed E-state index contributed by atoms with van der Waals surface area (Å²) in [4.78, 5) is 15.7. The molecule has 8 heteroatoms. The summed E-state index contributed by atoms with van der Waals surface area (Å²) in [7, 11) is 0. The van der Waals surface area contributed by atoms with Crippen LogP contribution < -0.4 is 5.32 Å². The molecular weight excluding hydrogens is 467 g/mol. The number of aryl methyl sites for hydroxylation is 1. The number of furan rings is 1. The molecule has 1 saturated heterocycles. The highest BCUT2D eigenvalue weighted by Gasteiger charge is 2.30. The van der Waals surface area contributed by atoms with Crippen molar-refractivity contribution < 1.29 is 22.4 Å². The highest BCUT2D eigenvalue weighted by Crippen LogP contribution is 2.30. The van der Waals surface area contributed by atoms with Crippen molar-refractivity contribution in [2.75, 3.05) is 13.1 Å². The molecule has 0 unspecified atom stereocenters. The molecule has 1 aliphatic rings. The first-order valence-electron chi connectivity index (χ1n) is 12.1. The van der Waals surface area contributed by atoms with E-state index in [1.165, 1.54) is 17.7 Å². The number of alkyl halides is 3. The van der Waals surface area contributed by atoms with Crippen LogP contribution in [0.2, 0.25) is 0 Å². The number of halogens is 3. The molecule has 0 atom stereocenters. The van der Waals surface area contributed by atoms with E-state index in [1.54, 1.807) is 6.07 Å². The molecule has 1 aliphatic heterocycles. The van der Waals surface area contributed by atoms with Gasteiger partial charge in [-0.25, -0.2) is 0 Å². The molecule has 0 aliphatic carbocycles. The Morgan fingerprint density at radius 1 is 0.972 bits per heavy atom. The number of nitrogens with zero attached hydrogens (tertiary/aromatic N) is 2. The van der Waals surface area contributed by atoms with Crippen LogP contribution in [-0.4, -0.2) is 34.5 Å². The molecule has 0 spiro atoms. The number of amides is 1. The number of benzene rings is 2. The van der Waals surface area contributed by atoms with Gasteiger partial charge in [0.25, 0.3) is 5.91 Å². The summed E-state index contributed by atoms with van der Waals surface area (Å²) in [6.45, 7) is 4.78. The Morgan fingerprint density at radius 2 is 1.64 bits per heavy atom. The molecule has 1 fully saturated rings. The van der Waals surface area contributed by atoms with Gasteiger partial charge in [0.1, 0.15) is 11.5 Å². The summed E-state index contributed by atoms with van der Waals surface area (Å²) in [6.07, 6.45) is -2.68. The molecule has 3 heterocycles. The minimum absolute atomic E-state index is 0.0620. The molecule has 1 N–H and O–H groups in total. The number of hydrogen-bond acceptors (Lipinski definition) is 3. The molecular formula is C28H28F3N3O2. The SMILES string of the molecule is Cc1cc2c(cc(C(=O)NC3CCN(Cc4ccccc4)CC3)n2Cc2ccc(C(F)(F)F)cc2)o1. The lowest BCUT2D eigenvalue weighted by molar-refractivity contribution is -0.137. The first-order chi connectivity index (χ1) is 17.3. The van der Waals surface area contributed by atoms with Crippen molar-refractivity contribution in [3.05, 3.63) is 94.9 Å². The second-order valence-electron chi connectivity index (χ2n) is 9.43. The lowest BCUT2D eigenvalue weighted by Gasteiger charge is -2.32. The van der Waals surface area contributed by atoms with Gasteiger partial charge in [-0.1, -0.05) is 42.5 Å². The summed E-state index contributed by atoms with van der Waals surface area (Å²) < 4.78 is 46.4. The van der Waals surface area contributed by atoms with Gasteiger partial charge in [0.05, 0.1) is 11.1 Å². The lowest BCUT2D eigenvalue weighted by atomic mass is 10.0. The largest absolute Gasteiger partial charge is 0.460 e. The van der Waals surface area contributed by atoms with Crippen LogP contribution in [0.15, 0.2) is 71.1 Å². The van der Waals surface area contributed by atoms with Gasteiger partial charge in [0, 0.05) is 44.4 Å². The van der Waals surface area contributed by atoms with Crippen LogP contribution in [0.25, 0.3) is 11.1 Å².